The molecule has 1 aromatic rings. The second kappa shape index (κ2) is 6.42. The van der Waals surface area contributed by atoms with Crippen molar-refractivity contribution >= 4 is 23.3 Å². The number of nitrogens with zero attached hydrogens (tertiary/aromatic N) is 2. The molecule has 1 rings (SSSR count). The molecule has 5 nitrogen and oxygen atoms in total. The van der Waals surface area contributed by atoms with Gasteiger partial charge in [-0.25, -0.2) is 9.78 Å². The summed E-state index contributed by atoms with van der Waals surface area (Å²) in [5, 5.41) is 12.0. The SMILES string of the molecule is C[C@@H](O)CCN(C)C(=O)Nc1cccnc1Cl. The molecule has 0 saturated carbocycles. The summed E-state index contributed by atoms with van der Waals surface area (Å²) < 4.78 is 0. The van der Waals surface area contributed by atoms with Gasteiger partial charge in [-0.2, -0.15) is 0 Å². The van der Waals surface area contributed by atoms with Gasteiger partial charge < -0.3 is 15.3 Å². The Kier molecular flexibility index (Phi) is 5.18. The monoisotopic (exact) mass is 257 g/mol. The predicted octanol–water partition coefficient (Wildman–Crippen LogP) is 1.97. The van der Waals surface area contributed by atoms with Crippen LogP contribution in [-0.2, 0) is 0 Å². The molecule has 0 spiro atoms. The summed E-state index contributed by atoms with van der Waals surface area (Å²) >= 11 is 5.82. The Morgan fingerprint density at radius 3 is 3.00 bits per heavy atom. The zero-order chi connectivity index (χ0) is 12.8. The fourth-order valence-electron chi connectivity index (χ4n) is 1.17. The van der Waals surface area contributed by atoms with E-state index in [-0.39, 0.29) is 11.2 Å². The summed E-state index contributed by atoms with van der Waals surface area (Å²) in [6.07, 6.45) is 1.66. The van der Waals surface area contributed by atoms with Gasteiger partial charge in [-0.05, 0) is 25.5 Å². The van der Waals surface area contributed by atoms with Gasteiger partial charge in [0.2, 0.25) is 0 Å². The molecule has 6 heteroatoms. The van der Waals surface area contributed by atoms with E-state index in [2.05, 4.69) is 10.3 Å². The summed E-state index contributed by atoms with van der Waals surface area (Å²) in [6, 6.07) is 3.09. The van der Waals surface area contributed by atoms with Crippen LogP contribution in [-0.4, -0.2) is 40.7 Å². The molecule has 0 unspecified atom stereocenters. The maximum Gasteiger partial charge on any atom is 0.321 e. The van der Waals surface area contributed by atoms with Crippen LogP contribution in [0, 0.1) is 0 Å². The Labute approximate surface area is 105 Å². The van der Waals surface area contributed by atoms with E-state index in [9.17, 15) is 4.79 Å². The maximum atomic E-state index is 11.7. The zero-order valence-electron chi connectivity index (χ0n) is 9.85. The number of aliphatic hydroxyl groups excluding tert-OH is 1. The van der Waals surface area contributed by atoms with Gasteiger partial charge in [-0.15, -0.1) is 0 Å². The molecule has 94 valence electrons. The van der Waals surface area contributed by atoms with Gasteiger partial charge in [0.1, 0.15) is 0 Å². The number of hydrogen-bond donors (Lipinski definition) is 2. The van der Waals surface area contributed by atoms with E-state index < -0.39 is 6.10 Å². The van der Waals surface area contributed by atoms with Crippen LogP contribution in [0.5, 0.6) is 0 Å². The third-order valence-corrected chi connectivity index (χ3v) is 2.53. The Hall–Kier alpha value is -1.33. The average molecular weight is 258 g/mol. The number of aliphatic hydroxyl groups is 1. The average Bonchev–Trinajstić information content (AvgIpc) is 2.28. The normalized spacial score (nSPS) is 12.0. The van der Waals surface area contributed by atoms with E-state index in [0.717, 1.165) is 0 Å². The molecule has 0 bridgehead atoms. The van der Waals surface area contributed by atoms with Crippen LogP contribution in [0.25, 0.3) is 0 Å². The van der Waals surface area contributed by atoms with Gasteiger partial charge in [-0.1, -0.05) is 11.6 Å². The van der Waals surface area contributed by atoms with Crippen molar-refractivity contribution in [2.24, 2.45) is 0 Å². The third-order valence-electron chi connectivity index (χ3n) is 2.23. The lowest BCUT2D eigenvalue weighted by atomic mass is 10.3. The fraction of sp³-hybridized carbons (Fsp3) is 0.455. The molecule has 2 amide bonds. The molecule has 0 aliphatic heterocycles. The molecule has 0 aliphatic carbocycles. The molecule has 1 heterocycles. The van der Waals surface area contributed by atoms with E-state index in [0.29, 0.717) is 18.7 Å². The van der Waals surface area contributed by atoms with Crippen molar-refractivity contribution in [1.82, 2.24) is 9.88 Å². The Morgan fingerprint density at radius 1 is 1.71 bits per heavy atom. The molecular weight excluding hydrogens is 242 g/mol. The third kappa shape index (κ3) is 4.58. The van der Waals surface area contributed by atoms with Gasteiger partial charge in [0.05, 0.1) is 11.8 Å². The first-order chi connectivity index (χ1) is 8.00. The van der Waals surface area contributed by atoms with E-state index in [1.807, 2.05) is 0 Å². The van der Waals surface area contributed by atoms with Crippen molar-refractivity contribution < 1.29 is 9.90 Å². The summed E-state index contributed by atoms with van der Waals surface area (Å²) in [7, 11) is 1.65. The molecule has 0 aromatic carbocycles. The van der Waals surface area contributed by atoms with Crippen molar-refractivity contribution in [3.05, 3.63) is 23.5 Å². The first kappa shape index (κ1) is 13.7. The largest absolute Gasteiger partial charge is 0.393 e. The highest BCUT2D eigenvalue weighted by molar-refractivity contribution is 6.32. The summed E-state index contributed by atoms with van der Waals surface area (Å²) in [6.45, 7) is 2.16. The number of anilines is 1. The Bertz CT molecular complexity index is 385. The summed E-state index contributed by atoms with van der Waals surface area (Å²) in [5.74, 6) is 0. The molecule has 0 fully saturated rings. The smallest absolute Gasteiger partial charge is 0.321 e. The van der Waals surface area contributed by atoms with Gasteiger partial charge in [0.25, 0.3) is 0 Å². The maximum absolute atomic E-state index is 11.7. The molecule has 1 aromatic heterocycles. The first-order valence-corrected chi connectivity index (χ1v) is 5.69. The van der Waals surface area contributed by atoms with E-state index in [1.54, 1.807) is 32.3 Å². The van der Waals surface area contributed by atoms with E-state index in [1.165, 1.54) is 4.90 Å². The number of carbonyl (C=O) groups is 1. The Balaban J connectivity index is 2.52. The predicted molar refractivity (Wildman–Crippen MR) is 67.2 cm³/mol. The number of hydrogen-bond acceptors (Lipinski definition) is 3. The van der Waals surface area contributed by atoms with Crippen LogP contribution in [0.4, 0.5) is 10.5 Å². The van der Waals surface area contributed by atoms with Crippen LogP contribution >= 0.6 is 11.6 Å². The second-order valence-corrected chi connectivity index (χ2v) is 4.19. The number of aromatic nitrogens is 1. The van der Waals surface area contributed by atoms with Crippen molar-refractivity contribution in [3.63, 3.8) is 0 Å². The number of halogens is 1. The zero-order valence-corrected chi connectivity index (χ0v) is 10.6. The molecular formula is C11H16ClN3O2. The molecule has 0 radical (unpaired) electrons. The summed E-state index contributed by atoms with van der Waals surface area (Å²) in [5.41, 5.74) is 0.475. The minimum Gasteiger partial charge on any atom is -0.393 e. The second-order valence-electron chi connectivity index (χ2n) is 3.83. The fourth-order valence-corrected chi connectivity index (χ4v) is 1.34. The van der Waals surface area contributed by atoms with Crippen LogP contribution in [0.15, 0.2) is 18.3 Å². The van der Waals surface area contributed by atoms with Crippen molar-refractivity contribution in [1.29, 1.82) is 0 Å². The number of urea groups is 1. The van der Waals surface area contributed by atoms with Crippen molar-refractivity contribution in [2.45, 2.75) is 19.4 Å². The van der Waals surface area contributed by atoms with Crippen LogP contribution in [0.3, 0.4) is 0 Å². The van der Waals surface area contributed by atoms with E-state index in [4.69, 9.17) is 16.7 Å². The highest BCUT2D eigenvalue weighted by atomic mass is 35.5. The molecule has 17 heavy (non-hydrogen) atoms. The number of nitrogens with one attached hydrogen (secondary N) is 1. The number of carbonyl (C=O) groups excluding carboxylic acids is 1. The quantitative estimate of drug-likeness (QED) is 0.811. The standard InChI is InChI=1S/C11H16ClN3O2/c1-8(16)5-7-15(2)11(17)14-9-4-3-6-13-10(9)12/h3-4,6,8,16H,5,7H2,1-2H3,(H,14,17)/t8-/m1/s1. The topological polar surface area (TPSA) is 65.5 Å². The highest BCUT2D eigenvalue weighted by Gasteiger charge is 2.11. The van der Waals surface area contributed by atoms with Crippen molar-refractivity contribution in [2.75, 3.05) is 18.9 Å². The number of rotatable bonds is 4. The van der Waals surface area contributed by atoms with Crippen LogP contribution < -0.4 is 5.32 Å². The molecule has 1 atom stereocenters. The van der Waals surface area contributed by atoms with Gasteiger partial charge in [0.15, 0.2) is 5.15 Å². The number of pyridine rings is 1. The minimum atomic E-state index is -0.424. The van der Waals surface area contributed by atoms with Crippen LogP contribution in [0.2, 0.25) is 5.15 Å². The minimum absolute atomic E-state index is 0.254. The molecule has 0 aliphatic rings. The van der Waals surface area contributed by atoms with Gasteiger partial charge >= 0.3 is 6.03 Å². The Morgan fingerprint density at radius 2 is 2.41 bits per heavy atom. The van der Waals surface area contributed by atoms with Crippen LogP contribution in [0.1, 0.15) is 13.3 Å². The van der Waals surface area contributed by atoms with E-state index >= 15 is 0 Å². The lowest BCUT2D eigenvalue weighted by Crippen LogP contribution is -2.33. The lowest BCUT2D eigenvalue weighted by molar-refractivity contribution is 0.167. The molecule has 0 saturated heterocycles. The summed E-state index contributed by atoms with van der Waals surface area (Å²) in [4.78, 5) is 17.1. The van der Waals surface area contributed by atoms with Gasteiger partial charge in [0, 0.05) is 19.8 Å². The first-order valence-electron chi connectivity index (χ1n) is 5.31. The lowest BCUT2D eigenvalue weighted by Gasteiger charge is -2.18. The molecule has 2 N–H and O–H groups in total. The number of amides is 2. The van der Waals surface area contributed by atoms with Gasteiger partial charge in [-0.3, -0.25) is 0 Å². The van der Waals surface area contributed by atoms with Crippen molar-refractivity contribution in [3.8, 4) is 0 Å². The highest BCUT2D eigenvalue weighted by Crippen LogP contribution is 2.17.